The summed E-state index contributed by atoms with van der Waals surface area (Å²) >= 11 is 1.73. The maximum Gasteiger partial charge on any atom is 0.208 e. The number of rotatable bonds is 5. The van der Waals surface area contributed by atoms with Crippen molar-refractivity contribution in [2.45, 2.75) is 58.4 Å². The minimum atomic E-state index is 0.401. The first-order chi connectivity index (χ1) is 10.7. The fourth-order valence-electron chi connectivity index (χ4n) is 2.99. The molecule has 3 rings (SSSR count). The predicted octanol–water partition coefficient (Wildman–Crippen LogP) is 3.05. The summed E-state index contributed by atoms with van der Waals surface area (Å²) in [5.74, 6) is 1.54. The molecule has 1 saturated heterocycles. The van der Waals surface area contributed by atoms with Crippen molar-refractivity contribution in [3.05, 3.63) is 17.2 Å². The van der Waals surface area contributed by atoms with Gasteiger partial charge in [0.1, 0.15) is 17.2 Å². The lowest BCUT2D eigenvalue weighted by atomic mass is 9.97. The van der Waals surface area contributed by atoms with Crippen molar-refractivity contribution in [3.8, 4) is 0 Å². The Morgan fingerprint density at radius 2 is 2.18 bits per heavy atom. The normalized spacial score (nSPS) is 19.1. The molecule has 22 heavy (non-hydrogen) atoms. The molecule has 1 unspecified atom stereocenters. The molecule has 1 atom stereocenters. The van der Waals surface area contributed by atoms with E-state index < -0.39 is 0 Å². The van der Waals surface area contributed by atoms with Crippen molar-refractivity contribution in [3.63, 3.8) is 0 Å². The van der Waals surface area contributed by atoms with E-state index in [0.717, 1.165) is 48.3 Å². The van der Waals surface area contributed by atoms with E-state index in [-0.39, 0.29) is 0 Å². The van der Waals surface area contributed by atoms with E-state index >= 15 is 0 Å². The number of hydrogen-bond acceptors (Lipinski definition) is 6. The van der Waals surface area contributed by atoms with Gasteiger partial charge in [-0.2, -0.15) is 0 Å². The molecule has 0 radical (unpaired) electrons. The Hall–Kier alpha value is -1.50. The largest absolute Gasteiger partial charge is 0.346 e. The van der Waals surface area contributed by atoms with Crippen LogP contribution in [0, 0.1) is 0 Å². The highest BCUT2D eigenvalue weighted by molar-refractivity contribution is 7.15. The van der Waals surface area contributed by atoms with Crippen molar-refractivity contribution >= 4 is 16.5 Å². The van der Waals surface area contributed by atoms with Gasteiger partial charge in [0.15, 0.2) is 0 Å². The lowest BCUT2D eigenvalue weighted by Gasteiger charge is -2.32. The smallest absolute Gasteiger partial charge is 0.208 e. The number of aryl methyl sites for hydroxylation is 1. The van der Waals surface area contributed by atoms with Crippen LogP contribution in [-0.4, -0.2) is 38.1 Å². The zero-order valence-corrected chi connectivity index (χ0v) is 14.4. The number of nitrogens with zero attached hydrogens (tertiary/aromatic N) is 6. The molecule has 7 heteroatoms. The maximum atomic E-state index is 4.38. The fourth-order valence-corrected chi connectivity index (χ4v) is 3.97. The molecular weight excluding hydrogens is 296 g/mol. The predicted molar refractivity (Wildman–Crippen MR) is 88.5 cm³/mol. The summed E-state index contributed by atoms with van der Waals surface area (Å²) in [4.78, 5) is 2.37. The summed E-state index contributed by atoms with van der Waals surface area (Å²) in [6.07, 6.45) is 6.33. The molecule has 6 nitrogen and oxygen atoms in total. The summed E-state index contributed by atoms with van der Waals surface area (Å²) < 4.78 is 2.19. The van der Waals surface area contributed by atoms with Gasteiger partial charge >= 0.3 is 0 Å². The SMILES string of the molecule is CCCc1nnc(N2CCCC(c3nncn3C(C)C)C2)s1. The van der Waals surface area contributed by atoms with Crippen LogP contribution in [0.1, 0.15) is 62.8 Å². The number of anilines is 1. The first kappa shape index (κ1) is 15.4. The number of piperidine rings is 1. The Morgan fingerprint density at radius 1 is 1.32 bits per heavy atom. The molecule has 0 bridgehead atoms. The van der Waals surface area contributed by atoms with Crippen LogP contribution in [0.15, 0.2) is 6.33 Å². The van der Waals surface area contributed by atoms with Gasteiger partial charge < -0.3 is 9.47 Å². The fraction of sp³-hybridized carbons (Fsp3) is 0.733. The molecule has 2 aromatic heterocycles. The molecule has 1 aliphatic heterocycles. The molecule has 0 saturated carbocycles. The third kappa shape index (κ3) is 3.14. The highest BCUT2D eigenvalue weighted by Crippen LogP contribution is 2.31. The van der Waals surface area contributed by atoms with Crippen molar-refractivity contribution in [1.29, 1.82) is 0 Å². The van der Waals surface area contributed by atoms with E-state index in [2.05, 4.69) is 50.6 Å². The van der Waals surface area contributed by atoms with E-state index in [1.165, 1.54) is 6.42 Å². The topological polar surface area (TPSA) is 59.7 Å². The Bertz CT molecular complexity index is 605. The molecule has 3 heterocycles. The Kier molecular flexibility index (Phi) is 4.71. The zero-order chi connectivity index (χ0) is 15.5. The van der Waals surface area contributed by atoms with Crippen molar-refractivity contribution in [2.24, 2.45) is 0 Å². The van der Waals surface area contributed by atoms with Gasteiger partial charge in [-0.15, -0.1) is 20.4 Å². The lowest BCUT2D eigenvalue weighted by molar-refractivity contribution is 0.454. The van der Waals surface area contributed by atoms with E-state index in [1.54, 1.807) is 11.3 Å². The molecule has 2 aromatic rings. The third-order valence-electron chi connectivity index (χ3n) is 4.13. The van der Waals surface area contributed by atoms with Gasteiger partial charge in [0.05, 0.1) is 0 Å². The van der Waals surface area contributed by atoms with Gasteiger partial charge in [0.25, 0.3) is 0 Å². The summed E-state index contributed by atoms with van der Waals surface area (Å²) in [6, 6.07) is 0.401. The van der Waals surface area contributed by atoms with Crippen molar-refractivity contribution < 1.29 is 0 Å². The second-order valence-electron chi connectivity index (χ2n) is 6.20. The van der Waals surface area contributed by atoms with Crippen molar-refractivity contribution in [2.75, 3.05) is 18.0 Å². The van der Waals surface area contributed by atoms with E-state index in [0.29, 0.717) is 12.0 Å². The summed E-state index contributed by atoms with van der Waals surface area (Å²) in [5.41, 5.74) is 0. The van der Waals surface area contributed by atoms with Crippen LogP contribution < -0.4 is 4.90 Å². The zero-order valence-electron chi connectivity index (χ0n) is 13.6. The Labute approximate surface area is 135 Å². The summed E-state index contributed by atoms with van der Waals surface area (Å²) in [6.45, 7) is 8.56. The van der Waals surface area contributed by atoms with Crippen molar-refractivity contribution in [1.82, 2.24) is 25.0 Å². The molecule has 1 aliphatic rings. The molecule has 1 fully saturated rings. The monoisotopic (exact) mass is 320 g/mol. The first-order valence-corrected chi connectivity index (χ1v) is 8.97. The molecule has 120 valence electrons. The molecule has 0 N–H and O–H groups in total. The van der Waals surface area contributed by atoms with Crippen LogP contribution in [0.4, 0.5) is 5.13 Å². The van der Waals surface area contributed by atoms with E-state index in [9.17, 15) is 0 Å². The lowest BCUT2D eigenvalue weighted by Crippen LogP contribution is -2.35. The minimum Gasteiger partial charge on any atom is -0.346 e. The van der Waals surface area contributed by atoms with Gasteiger partial charge in [0, 0.05) is 31.5 Å². The molecule has 0 aliphatic carbocycles. The number of hydrogen-bond donors (Lipinski definition) is 0. The Morgan fingerprint density at radius 3 is 2.95 bits per heavy atom. The summed E-state index contributed by atoms with van der Waals surface area (Å²) in [7, 11) is 0. The molecular formula is C15H24N6S. The van der Waals surface area contributed by atoms with Crippen LogP contribution in [0.3, 0.4) is 0 Å². The van der Waals surface area contributed by atoms with Gasteiger partial charge in [-0.1, -0.05) is 18.3 Å². The van der Waals surface area contributed by atoms with Crippen LogP contribution in [-0.2, 0) is 6.42 Å². The highest BCUT2D eigenvalue weighted by Gasteiger charge is 2.27. The van der Waals surface area contributed by atoms with E-state index in [4.69, 9.17) is 0 Å². The minimum absolute atomic E-state index is 0.401. The first-order valence-electron chi connectivity index (χ1n) is 8.15. The van der Waals surface area contributed by atoms with Crippen LogP contribution in [0.2, 0.25) is 0 Å². The third-order valence-corrected chi connectivity index (χ3v) is 5.18. The quantitative estimate of drug-likeness (QED) is 0.847. The average molecular weight is 320 g/mol. The van der Waals surface area contributed by atoms with Crippen LogP contribution >= 0.6 is 11.3 Å². The average Bonchev–Trinajstić information content (AvgIpc) is 3.17. The van der Waals surface area contributed by atoms with Crippen LogP contribution in [0.5, 0.6) is 0 Å². The Balaban J connectivity index is 1.74. The van der Waals surface area contributed by atoms with Gasteiger partial charge in [0.2, 0.25) is 5.13 Å². The second kappa shape index (κ2) is 6.73. The highest BCUT2D eigenvalue weighted by atomic mass is 32.1. The second-order valence-corrected chi connectivity index (χ2v) is 7.24. The standard InChI is InChI=1S/C15H24N6S/c1-4-6-13-17-19-15(22-13)20-8-5-7-12(9-20)14-18-16-10-21(14)11(2)3/h10-12H,4-9H2,1-3H3. The van der Waals surface area contributed by atoms with E-state index in [1.807, 2.05) is 6.33 Å². The maximum absolute atomic E-state index is 4.38. The molecule has 0 aromatic carbocycles. The molecule has 0 amide bonds. The van der Waals surface area contributed by atoms with Crippen LogP contribution in [0.25, 0.3) is 0 Å². The van der Waals surface area contributed by atoms with Gasteiger partial charge in [-0.25, -0.2) is 0 Å². The summed E-state index contributed by atoms with van der Waals surface area (Å²) in [5, 5.41) is 19.4. The van der Waals surface area contributed by atoms with Gasteiger partial charge in [-0.05, 0) is 33.1 Å². The number of aromatic nitrogens is 5. The van der Waals surface area contributed by atoms with Gasteiger partial charge in [-0.3, -0.25) is 0 Å². The molecule has 0 spiro atoms.